The Morgan fingerprint density at radius 3 is 2.17 bits per heavy atom. The summed E-state index contributed by atoms with van der Waals surface area (Å²) in [5.41, 5.74) is 5.26. The first-order chi connectivity index (χ1) is 11.1. The minimum Gasteiger partial charge on any atom is -0.481 e. The van der Waals surface area contributed by atoms with E-state index in [0.717, 1.165) is 11.8 Å². The molecule has 2 amide bonds. The Hall–Kier alpha value is -2.34. The molecule has 12 heteroatoms. The van der Waals surface area contributed by atoms with E-state index in [1.54, 1.807) is 0 Å². The van der Waals surface area contributed by atoms with Gasteiger partial charge in [0, 0.05) is 12.2 Å². The summed E-state index contributed by atoms with van der Waals surface area (Å²) in [6, 6.07) is -2.38. The number of amides is 2. The van der Waals surface area contributed by atoms with Crippen LogP contribution < -0.4 is 16.4 Å². The summed E-state index contributed by atoms with van der Waals surface area (Å²) in [4.78, 5) is 55.0. The van der Waals surface area contributed by atoms with E-state index in [2.05, 4.69) is 10.6 Å². The summed E-state index contributed by atoms with van der Waals surface area (Å²) in [5.74, 6) is -5.49. The normalized spacial score (nSPS) is 12.7. The number of rotatable bonds is 12. The van der Waals surface area contributed by atoms with E-state index >= 15 is 0 Å². The number of nitrogens with one attached hydrogen (secondary N) is 2. The van der Waals surface area contributed by atoms with Gasteiger partial charge in [0.05, 0.1) is 5.75 Å². The van der Waals surface area contributed by atoms with Crippen LogP contribution >= 0.6 is 11.8 Å². The third kappa shape index (κ3) is 10.4. The second kappa shape index (κ2) is 11.2. The molecule has 0 saturated carbocycles. The Labute approximate surface area is 141 Å². The van der Waals surface area contributed by atoms with Crippen molar-refractivity contribution < 1.29 is 39.3 Å². The van der Waals surface area contributed by atoms with Gasteiger partial charge in [-0.3, -0.25) is 24.0 Å². The molecule has 136 valence electrons. The van der Waals surface area contributed by atoms with Crippen molar-refractivity contribution in [1.29, 1.82) is 0 Å². The minimum absolute atomic E-state index is 0.0888. The molecule has 0 aliphatic rings. The average Bonchev–Trinajstić information content (AvgIpc) is 2.48. The molecular formula is C12H19N3O8S. The molecule has 0 aliphatic carbocycles. The molecule has 0 aromatic carbocycles. The van der Waals surface area contributed by atoms with Crippen molar-refractivity contribution in [2.24, 2.45) is 5.73 Å². The fraction of sp³-hybridized carbons (Fsp3) is 0.583. The van der Waals surface area contributed by atoms with E-state index in [4.69, 9.17) is 21.1 Å². The van der Waals surface area contributed by atoms with Crippen LogP contribution in [0.2, 0.25) is 0 Å². The molecule has 0 aliphatic heterocycles. The molecule has 24 heavy (non-hydrogen) atoms. The Balaban J connectivity index is 4.57. The fourth-order valence-electron chi connectivity index (χ4n) is 1.41. The van der Waals surface area contributed by atoms with E-state index in [9.17, 15) is 24.0 Å². The van der Waals surface area contributed by atoms with Gasteiger partial charge in [0.1, 0.15) is 18.6 Å². The molecule has 2 atom stereocenters. The fourth-order valence-corrected chi connectivity index (χ4v) is 2.17. The van der Waals surface area contributed by atoms with Gasteiger partial charge in [0.25, 0.3) is 0 Å². The zero-order chi connectivity index (χ0) is 18.7. The summed E-state index contributed by atoms with van der Waals surface area (Å²) < 4.78 is 0. The number of aliphatic carboxylic acids is 3. The number of carboxylic acids is 3. The van der Waals surface area contributed by atoms with Crippen LogP contribution in [0.25, 0.3) is 0 Å². The molecule has 0 spiro atoms. The lowest BCUT2D eigenvalue weighted by Crippen LogP contribution is -2.49. The first-order valence-electron chi connectivity index (χ1n) is 6.70. The molecule has 0 radical (unpaired) electrons. The largest absolute Gasteiger partial charge is 0.481 e. The lowest BCUT2D eigenvalue weighted by atomic mass is 10.1. The molecule has 7 N–H and O–H groups in total. The van der Waals surface area contributed by atoms with Gasteiger partial charge in [-0.2, -0.15) is 0 Å². The zero-order valence-corrected chi connectivity index (χ0v) is 13.4. The summed E-state index contributed by atoms with van der Waals surface area (Å²) in [7, 11) is 0. The second-order valence-electron chi connectivity index (χ2n) is 4.62. The van der Waals surface area contributed by atoms with Gasteiger partial charge in [0.2, 0.25) is 11.8 Å². The number of carbonyl (C=O) groups is 5. The van der Waals surface area contributed by atoms with Crippen LogP contribution in [0.4, 0.5) is 0 Å². The van der Waals surface area contributed by atoms with Crippen molar-refractivity contribution in [2.75, 3.05) is 18.1 Å². The lowest BCUT2D eigenvalue weighted by molar-refractivity contribution is -0.139. The van der Waals surface area contributed by atoms with E-state index in [-0.39, 0.29) is 24.3 Å². The summed E-state index contributed by atoms with van der Waals surface area (Å²) in [6.45, 7) is -0.654. The lowest BCUT2D eigenvalue weighted by Gasteiger charge is -2.17. The highest BCUT2D eigenvalue weighted by Gasteiger charge is 2.22. The molecule has 0 saturated heterocycles. The van der Waals surface area contributed by atoms with Crippen molar-refractivity contribution in [3.63, 3.8) is 0 Å². The predicted molar refractivity (Wildman–Crippen MR) is 82.4 cm³/mol. The minimum atomic E-state index is -1.28. The highest BCUT2D eigenvalue weighted by atomic mass is 32.2. The monoisotopic (exact) mass is 365 g/mol. The molecule has 0 aromatic rings. The number of hydrogen-bond donors (Lipinski definition) is 6. The summed E-state index contributed by atoms with van der Waals surface area (Å²) in [5, 5.41) is 30.1. The highest BCUT2D eigenvalue weighted by Crippen LogP contribution is 2.04. The third-order valence-electron chi connectivity index (χ3n) is 2.58. The van der Waals surface area contributed by atoms with E-state index < -0.39 is 48.4 Å². The second-order valence-corrected chi connectivity index (χ2v) is 5.65. The Morgan fingerprint density at radius 2 is 1.67 bits per heavy atom. The van der Waals surface area contributed by atoms with Crippen LogP contribution in [-0.4, -0.2) is 75.2 Å². The van der Waals surface area contributed by atoms with Crippen molar-refractivity contribution >= 4 is 41.5 Å². The van der Waals surface area contributed by atoms with Crippen LogP contribution in [0.1, 0.15) is 12.8 Å². The SMILES string of the molecule is N[C@@H](CCC(=O)N[C@H](CSCC(=O)O)C(=O)NCC(=O)O)C(=O)O. The van der Waals surface area contributed by atoms with Crippen molar-refractivity contribution in [1.82, 2.24) is 10.6 Å². The predicted octanol–water partition coefficient (Wildman–Crippen LogP) is -2.32. The van der Waals surface area contributed by atoms with Crippen LogP contribution in [0.3, 0.4) is 0 Å². The third-order valence-corrected chi connectivity index (χ3v) is 3.60. The molecular weight excluding hydrogens is 346 g/mol. The van der Waals surface area contributed by atoms with Crippen LogP contribution in [0.15, 0.2) is 0 Å². The van der Waals surface area contributed by atoms with E-state index in [1.807, 2.05) is 0 Å². The van der Waals surface area contributed by atoms with Gasteiger partial charge < -0.3 is 31.7 Å². The standard InChI is InChI=1S/C12H19N3O8S/c13-6(12(22)23)1-2-8(16)15-7(4-24-5-10(19)20)11(21)14-3-9(17)18/h6-7H,1-5,13H2,(H,14,21)(H,15,16)(H,17,18)(H,19,20)(H,22,23)/t6-,7+/m0/s1. The topological polar surface area (TPSA) is 196 Å². The van der Waals surface area contributed by atoms with Gasteiger partial charge in [-0.05, 0) is 6.42 Å². The van der Waals surface area contributed by atoms with E-state index in [0.29, 0.717) is 0 Å². The van der Waals surface area contributed by atoms with Crippen molar-refractivity contribution in [2.45, 2.75) is 24.9 Å². The zero-order valence-electron chi connectivity index (χ0n) is 12.6. The van der Waals surface area contributed by atoms with Crippen molar-refractivity contribution in [3.05, 3.63) is 0 Å². The Morgan fingerprint density at radius 1 is 1.04 bits per heavy atom. The molecule has 0 heterocycles. The Kier molecular flexibility index (Phi) is 10.1. The molecule has 0 rings (SSSR count). The van der Waals surface area contributed by atoms with Gasteiger partial charge in [-0.15, -0.1) is 11.8 Å². The number of nitrogens with two attached hydrogens (primary N) is 1. The summed E-state index contributed by atoms with van der Waals surface area (Å²) >= 11 is 0.862. The van der Waals surface area contributed by atoms with Crippen LogP contribution in [0.5, 0.6) is 0 Å². The van der Waals surface area contributed by atoms with Gasteiger partial charge in [-0.1, -0.05) is 0 Å². The maximum Gasteiger partial charge on any atom is 0.322 e. The summed E-state index contributed by atoms with van der Waals surface area (Å²) in [6.07, 6.45) is -0.396. The number of hydrogen-bond acceptors (Lipinski definition) is 7. The maximum atomic E-state index is 11.8. The quantitative estimate of drug-likeness (QED) is 0.218. The van der Waals surface area contributed by atoms with Gasteiger partial charge in [0.15, 0.2) is 0 Å². The van der Waals surface area contributed by atoms with Gasteiger partial charge >= 0.3 is 17.9 Å². The number of carbonyl (C=O) groups excluding carboxylic acids is 2. The van der Waals surface area contributed by atoms with Crippen LogP contribution in [-0.2, 0) is 24.0 Å². The van der Waals surface area contributed by atoms with E-state index in [1.165, 1.54) is 0 Å². The van der Waals surface area contributed by atoms with Gasteiger partial charge in [-0.25, -0.2) is 0 Å². The average molecular weight is 365 g/mol. The van der Waals surface area contributed by atoms with Crippen molar-refractivity contribution in [3.8, 4) is 0 Å². The molecule has 0 unspecified atom stereocenters. The maximum absolute atomic E-state index is 11.8. The molecule has 11 nitrogen and oxygen atoms in total. The van der Waals surface area contributed by atoms with Crippen LogP contribution in [0, 0.1) is 0 Å². The first kappa shape index (κ1) is 21.7. The first-order valence-corrected chi connectivity index (χ1v) is 7.85. The molecule has 0 bridgehead atoms. The molecule has 0 fully saturated rings. The number of thioether (sulfide) groups is 1. The molecule has 0 aromatic heterocycles. The number of carboxylic acid groups (broad SMARTS) is 3. The smallest absolute Gasteiger partial charge is 0.322 e. The highest BCUT2D eigenvalue weighted by molar-refractivity contribution is 8.00. The Bertz CT molecular complexity index is 499.